The van der Waals surface area contributed by atoms with Gasteiger partial charge in [0.05, 0.1) is 10.7 Å². The topological polar surface area (TPSA) is 104 Å². The first kappa shape index (κ1) is 19.1. The van der Waals surface area contributed by atoms with Gasteiger partial charge in [-0.1, -0.05) is 39.8 Å². The lowest BCUT2D eigenvalue weighted by Crippen LogP contribution is -2.32. The molecule has 0 bridgehead atoms. The number of hydrogen-bond donors (Lipinski definition) is 0. The molecule has 0 radical (unpaired) electrons. The fourth-order valence-electron chi connectivity index (χ4n) is 2.78. The van der Waals surface area contributed by atoms with E-state index < -0.39 is 21.0 Å². The van der Waals surface area contributed by atoms with Crippen molar-refractivity contribution < 1.29 is 22.3 Å². The molecule has 1 unspecified atom stereocenters. The molecule has 8 heteroatoms. The van der Waals surface area contributed by atoms with Crippen LogP contribution < -0.4 is 0 Å². The van der Waals surface area contributed by atoms with E-state index in [0.717, 1.165) is 0 Å². The second-order valence-electron chi connectivity index (χ2n) is 6.66. The third-order valence-electron chi connectivity index (χ3n) is 4.02. The molecule has 0 spiro atoms. The van der Waals surface area contributed by atoms with Crippen molar-refractivity contribution in [3.63, 3.8) is 0 Å². The van der Waals surface area contributed by atoms with Crippen LogP contribution in [0.1, 0.15) is 39.2 Å². The van der Waals surface area contributed by atoms with Crippen LogP contribution in [-0.2, 0) is 19.1 Å². The number of hydrogen-bond acceptors (Lipinski definition) is 6. The summed E-state index contributed by atoms with van der Waals surface area (Å²) in [6, 6.07) is 5.61. The van der Waals surface area contributed by atoms with Crippen molar-refractivity contribution in [1.29, 1.82) is 0 Å². The standard InChI is InChI=1S/C17H21NO6S/c1-10(2)16(19)15-14(9-25(22,23)24-17(15)11(3)4)12-5-7-13(8-6-12)18(20)21/h5-8,10-11,14H,9H2,1-4H3. The molecule has 1 aliphatic heterocycles. The third kappa shape index (κ3) is 4.07. The molecule has 1 atom stereocenters. The van der Waals surface area contributed by atoms with E-state index in [4.69, 9.17) is 4.18 Å². The van der Waals surface area contributed by atoms with E-state index in [1.807, 2.05) is 0 Å². The number of allylic oxidation sites excluding steroid dienone is 2. The van der Waals surface area contributed by atoms with Gasteiger partial charge in [-0.25, -0.2) is 0 Å². The minimum atomic E-state index is -3.84. The van der Waals surface area contributed by atoms with E-state index in [1.165, 1.54) is 24.3 Å². The van der Waals surface area contributed by atoms with Crippen LogP contribution in [0.15, 0.2) is 35.6 Å². The van der Waals surface area contributed by atoms with Gasteiger partial charge in [0, 0.05) is 35.5 Å². The van der Waals surface area contributed by atoms with Gasteiger partial charge in [0.2, 0.25) is 0 Å². The summed E-state index contributed by atoms with van der Waals surface area (Å²) >= 11 is 0. The van der Waals surface area contributed by atoms with E-state index in [2.05, 4.69) is 0 Å². The SMILES string of the molecule is CC(C)C(=O)C1=C(C(C)C)OS(=O)(=O)CC1c1ccc([N+](=O)[O-])cc1. The van der Waals surface area contributed by atoms with Gasteiger partial charge in [0.15, 0.2) is 5.78 Å². The summed E-state index contributed by atoms with van der Waals surface area (Å²) in [6.45, 7) is 7.00. The fourth-order valence-corrected chi connectivity index (χ4v) is 4.17. The minimum Gasteiger partial charge on any atom is -0.386 e. The van der Waals surface area contributed by atoms with Crippen LogP contribution in [0.3, 0.4) is 0 Å². The lowest BCUT2D eigenvalue weighted by molar-refractivity contribution is -0.384. The Kier molecular flexibility index (Phi) is 5.31. The van der Waals surface area contributed by atoms with E-state index in [1.54, 1.807) is 27.7 Å². The zero-order chi connectivity index (χ0) is 18.9. The van der Waals surface area contributed by atoms with Gasteiger partial charge >= 0.3 is 10.1 Å². The smallest absolute Gasteiger partial charge is 0.309 e. The maximum atomic E-state index is 12.7. The number of carbonyl (C=O) groups excluding carboxylic acids is 1. The van der Waals surface area contributed by atoms with Gasteiger partial charge in [0.25, 0.3) is 5.69 Å². The van der Waals surface area contributed by atoms with E-state index in [0.29, 0.717) is 11.1 Å². The predicted molar refractivity (Wildman–Crippen MR) is 92.4 cm³/mol. The highest BCUT2D eigenvalue weighted by atomic mass is 32.2. The zero-order valence-electron chi connectivity index (χ0n) is 14.6. The van der Waals surface area contributed by atoms with E-state index in [9.17, 15) is 23.3 Å². The van der Waals surface area contributed by atoms with Gasteiger partial charge in [-0.15, -0.1) is 0 Å². The van der Waals surface area contributed by atoms with E-state index in [-0.39, 0.29) is 34.8 Å². The monoisotopic (exact) mass is 367 g/mol. The van der Waals surface area contributed by atoms with Crippen molar-refractivity contribution in [2.24, 2.45) is 11.8 Å². The number of nitrogens with zero attached hydrogens (tertiary/aromatic N) is 1. The molecule has 0 fully saturated rings. The number of rotatable bonds is 5. The first-order valence-corrected chi connectivity index (χ1v) is 9.56. The van der Waals surface area contributed by atoms with E-state index >= 15 is 0 Å². The molecule has 0 amide bonds. The normalized spacial score (nSPS) is 19.8. The Morgan fingerprint density at radius 1 is 1.20 bits per heavy atom. The van der Waals surface area contributed by atoms with Crippen LogP contribution in [0.4, 0.5) is 5.69 Å². The first-order chi connectivity index (χ1) is 11.5. The molecule has 7 nitrogen and oxygen atoms in total. The van der Waals surface area contributed by atoms with Gasteiger partial charge in [-0.2, -0.15) is 8.42 Å². The van der Waals surface area contributed by atoms with Crippen molar-refractivity contribution in [3.8, 4) is 0 Å². The van der Waals surface area contributed by atoms with Crippen molar-refractivity contribution in [3.05, 3.63) is 51.3 Å². The minimum absolute atomic E-state index is 0.0940. The number of benzene rings is 1. The van der Waals surface area contributed by atoms with Crippen LogP contribution in [-0.4, -0.2) is 24.9 Å². The number of ketones is 1. The molecule has 1 aromatic rings. The largest absolute Gasteiger partial charge is 0.386 e. The molecule has 0 saturated heterocycles. The summed E-state index contributed by atoms with van der Waals surface area (Å²) in [4.78, 5) is 23.0. The molecule has 1 aliphatic rings. The summed E-state index contributed by atoms with van der Waals surface area (Å²) in [5.41, 5.74) is 0.789. The average molecular weight is 367 g/mol. The lowest BCUT2D eigenvalue weighted by Gasteiger charge is -2.30. The predicted octanol–water partition coefficient (Wildman–Crippen LogP) is 3.17. The number of nitro benzene ring substituents is 1. The molecule has 2 rings (SSSR count). The molecular weight excluding hydrogens is 346 g/mol. The molecule has 136 valence electrons. The maximum Gasteiger partial charge on any atom is 0.309 e. The van der Waals surface area contributed by atoms with Crippen molar-refractivity contribution in [1.82, 2.24) is 0 Å². The van der Waals surface area contributed by atoms with Crippen molar-refractivity contribution in [2.45, 2.75) is 33.6 Å². The number of nitro groups is 1. The van der Waals surface area contributed by atoms with Crippen LogP contribution in [0, 0.1) is 22.0 Å². The molecule has 0 N–H and O–H groups in total. The fraction of sp³-hybridized carbons (Fsp3) is 0.471. The summed E-state index contributed by atoms with van der Waals surface area (Å²) < 4.78 is 29.5. The number of carbonyl (C=O) groups is 1. The van der Waals surface area contributed by atoms with Crippen molar-refractivity contribution in [2.75, 3.05) is 5.75 Å². The molecule has 0 aliphatic carbocycles. The number of non-ortho nitro benzene ring substituents is 1. The Morgan fingerprint density at radius 2 is 1.76 bits per heavy atom. The molecule has 1 heterocycles. The quantitative estimate of drug-likeness (QED) is 0.450. The number of Topliss-reactive ketones (excluding diaryl/α,β-unsaturated/α-hetero) is 1. The lowest BCUT2D eigenvalue weighted by atomic mass is 9.83. The van der Waals surface area contributed by atoms with Gasteiger partial charge in [0.1, 0.15) is 5.76 Å². The first-order valence-electron chi connectivity index (χ1n) is 7.98. The van der Waals surface area contributed by atoms with Crippen LogP contribution >= 0.6 is 0 Å². The Morgan fingerprint density at radius 3 is 2.20 bits per heavy atom. The highest BCUT2D eigenvalue weighted by molar-refractivity contribution is 7.86. The molecular formula is C17H21NO6S. The highest BCUT2D eigenvalue weighted by Crippen LogP contribution is 2.39. The second kappa shape index (κ2) is 6.95. The summed E-state index contributed by atoms with van der Waals surface area (Å²) in [5, 5.41) is 10.8. The molecule has 0 saturated carbocycles. The summed E-state index contributed by atoms with van der Waals surface area (Å²) in [7, 11) is -3.84. The van der Waals surface area contributed by atoms with Crippen LogP contribution in [0.25, 0.3) is 0 Å². The van der Waals surface area contributed by atoms with Gasteiger partial charge in [-0.05, 0) is 5.56 Å². The Balaban J connectivity index is 2.63. The van der Waals surface area contributed by atoms with Crippen LogP contribution in [0.2, 0.25) is 0 Å². The second-order valence-corrected chi connectivity index (χ2v) is 8.28. The highest BCUT2D eigenvalue weighted by Gasteiger charge is 2.39. The Labute approximate surface area is 147 Å². The van der Waals surface area contributed by atoms with Crippen LogP contribution in [0.5, 0.6) is 0 Å². The average Bonchev–Trinajstić information content (AvgIpc) is 2.52. The molecule has 25 heavy (non-hydrogen) atoms. The zero-order valence-corrected chi connectivity index (χ0v) is 15.4. The van der Waals surface area contributed by atoms with Gasteiger partial charge in [-0.3, -0.25) is 14.9 Å². The molecule has 1 aromatic carbocycles. The third-order valence-corrected chi connectivity index (χ3v) is 5.20. The Bertz CT molecular complexity index is 821. The summed E-state index contributed by atoms with van der Waals surface area (Å²) in [6.07, 6.45) is 0. The Hall–Kier alpha value is -2.22. The van der Waals surface area contributed by atoms with Crippen molar-refractivity contribution >= 4 is 21.6 Å². The molecule has 0 aromatic heterocycles. The maximum absolute atomic E-state index is 12.7. The summed E-state index contributed by atoms with van der Waals surface area (Å²) in [5.74, 6) is -1.70. The van der Waals surface area contributed by atoms with Gasteiger partial charge < -0.3 is 4.18 Å².